The monoisotopic (exact) mass is 298 g/mol. The van der Waals surface area contributed by atoms with E-state index in [1.165, 1.54) is 24.3 Å². The molecule has 21 heavy (non-hydrogen) atoms. The zero-order valence-corrected chi connectivity index (χ0v) is 10.6. The number of benzene rings is 1. The molecule has 0 aliphatic rings. The molecule has 0 spiro atoms. The smallest absolute Gasteiger partial charge is 0.310 e. The molecule has 0 atom stereocenters. The maximum Gasteiger partial charge on any atom is 0.416 e. The number of pyridine rings is 1. The first kappa shape index (κ1) is 15.0. The Bertz CT molecular complexity index is 638. The van der Waals surface area contributed by atoms with E-state index in [-0.39, 0.29) is 12.2 Å². The van der Waals surface area contributed by atoms with E-state index in [0.717, 1.165) is 18.2 Å². The maximum absolute atomic E-state index is 12.8. The second kappa shape index (κ2) is 5.90. The molecular formula is C14H10F4N2O. The van der Waals surface area contributed by atoms with Gasteiger partial charge in [-0.25, -0.2) is 4.98 Å². The van der Waals surface area contributed by atoms with Gasteiger partial charge in [-0.3, -0.25) is 4.79 Å². The zero-order valence-electron chi connectivity index (χ0n) is 10.6. The van der Waals surface area contributed by atoms with E-state index in [1.807, 2.05) is 0 Å². The van der Waals surface area contributed by atoms with Gasteiger partial charge in [-0.2, -0.15) is 17.6 Å². The topological polar surface area (TPSA) is 42.0 Å². The molecule has 0 aliphatic carbocycles. The van der Waals surface area contributed by atoms with Crippen LogP contribution in [0, 0.1) is 5.95 Å². The summed E-state index contributed by atoms with van der Waals surface area (Å²) in [4.78, 5) is 15.1. The molecule has 0 radical (unpaired) electrons. The summed E-state index contributed by atoms with van der Waals surface area (Å²) < 4.78 is 50.0. The molecule has 1 aromatic heterocycles. The molecule has 0 saturated heterocycles. The van der Waals surface area contributed by atoms with Gasteiger partial charge in [0.1, 0.15) is 5.82 Å². The van der Waals surface area contributed by atoms with Crippen molar-refractivity contribution in [2.75, 3.05) is 5.32 Å². The van der Waals surface area contributed by atoms with E-state index >= 15 is 0 Å². The van der Waals surface area contributed by atoms with Gasteiger partial charge in [0.05, 0.1) is 12.0 Å². The van der Waals surface area contributed by atoms with Gasteiger partial charge in [-0.1, -0.05) is 18.2 Å². The number of nitrogens with zero attached hydrogens (tertiary/aromatic N) is 1. The van der Waals surface area contributed by atoms with Crippen molar-refractivity contribution in [3.05, 3.63) is 59.5 Å². The average Bonchev–Trinajstić information content (AvgIpc) is 2.38. The summed E-state index contributed by atoms with van der Waals surface area (Å²) in [6, 6.07) is 8.18. The number of alkyl halides is 3. The predicted molar refractivity (Wildman–Crippen MR) is 68.0 cm³/mol. The van der Waals surface area contributed by atoms with Crippen LogP contribution in [0.5, 0.6) is 0 Å². The molecule has 0 unspecified atom stereocenters. The van der Waals surface area contributed by atoms with E-state index in [2.05, 4.69) is 10.3 Å². The fourth-order valence-corrected chi connectivity index (χ4v) is 1.66. The molecule has 0 bridgehead atoms. The Balaban J connectivity index is 2.00. The number of anilines is 1. The highest BCUT2D eigenvalue weighted by atomic mass is 19.4. The molecule has 0 saturated carbocycles. The normalized spacial score (nSPS) is 11.2. The van der Waals surface area contributed by atoms with E-state index < -0.39 is 23.6 Å². The van der Waals surface area contributed by atoms with Crippen LogP contribution in [0.2, 0.25) is 0 Å². The standard InChI is InChI=1S/C14H10F4N2O/c15-11-2-1-3-12(19-11)20-13(21)8-9-4-6-10(7-5-9)14(16,17)18/h1-7H,8H2,(H,19,20,21). The number of hydrogen-bond acceptors (Lipinski definition) is 2. The molecule has 0 fully saturated rings. The minimum absolute atomic E-state index is 0.0481. The molecule has 2 aromatic rings. The van der Waals surface area contributed by atoms with Crippen molar-refractivity contribution < 1.29 is 22.4 Å². The third kappa shape index (κ3) is 4.27. The number of nitrogens with one attached hydrogen (secondary N) is 1. The predicted octanol–water partition coefficient (Wildman–Crippen LogP) is 3.42. The Kier molecular flexibility index (Phi) is 4.21. The van der Waals surface area contributed by atoms with Crippen LogP contribution >= 0.6 is 0 Å². The fraction of sp³-hybridized carbons (Fsp3) is 0.143. The molecule has 3 nitrogen and oxygen atoms in total. The quantitative estimate of drug-likeness (QED) is 0.697. The first-order valence-corrected chi connectivity index (χ1v) is 5.93. The van der Waals surface area contributed by atoms with Crippen molar-refractivity contribution in [3.63, 3.8) is 0 Å². The third-order valence-electron chi connectivity index (χ3n) is 2.63. The van der Waals surface area contributed by atoms with Gasteiger partial charge in [0.2, 0.25) is 11.9 Å². The lowest BCUT2D eigenvalue weighted by atomic mass is 10.1. The van der Waals surface area contributed by atoms with Crippen molar-refractivity contribution in [1.82, 2.24) is 4.98 Å². The minimum Gasteiger partial charge on any atom is -0.310 e. The highest BCUT2D eigenvalue weighted by Crippen LogP contribution is 2.29. The van der Waals surface area contributed by atoms with Gasteiger partial charge in [0.25, 0.3) is 0 Å². The molecule has 0 aliphatic heterocycles. The molecular weight excluding hydrogens is 288 g/mol. The Morgan fingerprint density at radius 3 is 2.33 bits per heavy atom. The molecule has 2 rings (SSSR count). The van der Waals surface area contributed by atoms with Crippen molar-refractivity contribution in [2.24, 2.45) is 0 Å². The number of hydrogen-bond donors (Lipinski definition) is 1. The lowest BCUT2D eigenvalue weighted by Crippen LogP contribution is -2.15. The lowest BCUT2D eigenvalue weighted by Gasteiger charge is -2.08. The van der Waals surface area contributed by atoms with Gasteiger partial charge < -0.3 is 5.32 Å². The Morgan fingerprint density at radius 2 is 1.76 bits per heavy atom. The molecule has 1 N–H and O–H groups in total. The Hall–Kier alpha value is -2.44. The van der Waals surface area contributed by atoms with Crippen molar-refractivity contribution in [1.29, 1.82) is 0 Å². The molecule has 7 heteroatoms. The lowest BCUT2D eigenvalue weighted by molar-refractivity contribution is -0.137. The molecule has 1 heterocycles. The largest absolute Gasteiger partial charge is 0.416 e. The summed E-state index contributed by atoms with van der Waals surface area (Å²) >= 11 is 0. The average molecular weight is 298 g/mol. The molecule has 110 valence electrons. The minimum atomic E-state index is -4.41. The number of carbonyl (C=O) groups excluding carboxylic acids is 1. The van der Waals surface area contributed by atoms with E-state index in [9.17, 15) is 22.4 Å². The van der Waals surface area contributed by atoms with E-state index in [1.54, 1.807) is 0 Å². The summed E-state index contributed by atoms with van der Waals surface area (Å²) in [5, 5.41) is 2.36. The van der Waals surface area contributed by atoms with Gasteiger partial charge in [0.15, 0.2) is 0 Å². The van der Waals surface area contributed by atoms with Crippen molar-refractivity contribution >= 4 is 11.7 Å². The van der Waals surface area contributed by atoms with Gasteiger partial charge in [-0.05, 0) is 29.8 Å². The van der Waals surface area contributed by atoms with Crippen LogP contribution < -0.4 is 5.32 Å². The van der Waals surface area contributed by atoms with Gasteiger partial charge >= 0.3 is 6.18 Å². The van der Waals surface area contributed by atoms with E-state index in [0.29, 0.717) is 5.56 Å². The number of aromatic nitrogens is 1. The molecule has 1 amide bonds. The van der Waals surface area contributed by atoms with Crippen LogP contribution in [0.3, 0.4) is 0 Å². The van der Waals surface area contributed by atoms with Gasteiger partial charge in [-0.15, -0.1) is 0 Å². The van der Waals surface area contributed by atoms with Crippen LogP contribution in [0.1, 0.15) is 11.1 Å². The Labute approximate surface area is 117 Å². The fourth-order valence-electron chi connectivity index (χ4n) is 1.66. The maximum atomic E-state index is 12.8. The van der Waals surface area contributed by atoms with Crippen molar-refractivity contribution in [3.8, 4) is 0 Å². The second-order valence-electron chi connectivity index (χ2n) is 4.27. The summed E-state index contributed by atoms with van der Waals surface area (Å²) in [5.41, 5.74) is -0.365. The zero-order chi connectivity index (χ0) is 15.5. The van der Waals surface area contributed by atoms with Crippen LogP contribution in [0.25, 0.3) is 0 Å². The second-order valence-corrected chi connectivity index (χ2v) is 4.27. The summed E-state index contributed by atoms with van der Waals surface area (Å²) in [6.07, 6.45) is -4.54. The van der Waals surface area contributed by atoms with E-state index in [4.69, 9.17) is 0 Å². The Morgan fingerprint density at radius 1 is 1.10 bits per heavy atom. The highest BCUT2D eigenvalue weighted by molar-refractivity contribution is 5.91. The number of amides is 1. The van der Waals surface area contributed by atoms with Crippen LogP contribution in [-0.2, 0) is 17.4 Å². The SMILES string of the molecule is O=C(Cc1ccc(C(F)(F)F)cc1)Nc1cccc(F)n1. The van der Waals surface area contributed by atoms with Crippen LogP contribution in [0.15, 0.2) is 42.5 Å². The third-order valence-corrected chi connectivity index (χ3v) is 2.63. The first-order chi connectivity index (χ1) is 9.84. The molecule has 1 aromatic carbocycles. The first-order valence-electron chi connectivity index (χ1n) is 5.93. The number of carbonyl (C=O) groups is 1. The van der Waals surface area contributed by atoms with Gasteiger partial charge in [0, 0.05) is 0 Å². The number of rotatable bonds is 3. The van der Waals surface area contributed by atoms with Crippen LogP contribution in [-0.4, -0.2) is 10.9 Å². The highest BCUT2D eigenvalue weighted by Gasteiger charge is 2.29. The summed E-state index contributed by atoms with van der Waals surface area (Å²) in [7, 11) is 0. The summed E-state index contributed by atoms with van der Waals surface area (Å²) in [5.74, 6) is -1.18. The van der Waals surface area contributed by atoms with Crippen LogP contribution in [0.4, 0.5) is 23.4 Å². The number of halogens is 4. The van der Waals surface area contributed by atoms with Crippen molar-refractivity contribution in [2.45, 2.75) is 12.6 Å². The summed E-state index contributed by atoms with van der Waals surface area (Å²) in [6.45, 7) is 0.